The lowest BCUT2D eigenvalue weighted by molar-refractivity contribution is -0.115. The van der Waals surface area contributed by atoms with Crippen molar-refractivity contribution in [2.75, 3.05) is 25.0 Å². The van der Waals surface area contributed by atoms with Crippen molar-refractivity contribution in [1.82, 2.24) is 5.32 Å². The van der Waals surface area contributed by atoms with Crippen LogP contribution < -0.4 is 10.6 Å². The summed E-state index contributed by atoms with van der Waals surface area (Å²) in [5.41, 5.74) is -0.507. The third-order valence-corrected chi connectivity index (χ3v) is 2.10. The van der Waals surface area contributed by atoms with Gasteiger partial charge >= 0.3 is 0 Å². The average molecular weight is 260 g/mol. The number of para-hydroxylation sites is 1. The second kappa shape index (κ2) is 7.00. The molecule has 0 spiro atoms. The molecule has 0 aromatic heterocycles. The van der Waals surface area contributed by atoms with Gasteiger partial charge in [-0.2, -0.15) is 0 Å². The van der Waals surface area contributed by atoms with E-state index in [1.807, 2.05) is 0 Å². The molecule has 5 nitrogen and oxygen atoms in total. The number of amides is 1. The molecule has 0 fully saturated rings. The van der Waals surface area contributed by atoms with E-state index >= 15 is 0 Å². The molecular formula is C11H14F2N2O3. The van der Waals surface area contributed by atoms with Gasteiger partial charge in [-0.25, -0.2) is 8.78 Å². The largest absolute Gasteiger partial charge is 0.394 e. The minimum Gasteiger partial charge on any atom is -0.394 e. The Bertz CT molecular complexity index is 395. The molecule has 1 aromatic carbocycles. The highest BCUT2D eigenvalue weighted by molar-refractivity contribution is 5.92. The monoisotopic (exact) mass is 260 g/mol. The maximum absolute atomic E-state index is 13.2. The van der Waals surface area contributed by atoms with Crippen LogP contribution in [-0.2, 0) is 4.79 Å². The van der Waals surface area contributed by atoms with Crippen molar-refractivity contribution in [3.8, 4) is 0 Å². The zero-order valence-electron chi connectivity index (χ0n) is 9.49. The molecule has 1 atom stereocenters. The molecule has 0 aliphatic carbocycles. The van der Waals surface area contributed by atoms with Crippen LogP contribution in [0, 0.1) is 11.6 Å². The maximum atomic E-state index is 13.2. The van der Waals surface area contributed by atoms with Crippen LogP contribution in [0.1, 0.15) is 0 Å². The van der Waals surface area contributed by atoms with E-state index in [9.17, 15) is 13.6 Å². The number of halogens is 2. The van der Waals surface area contributed by atoms with Gasteiger partial charge in [-0.15, -0.1) is 0 Å². The van der Waals surface area contributed by atoms with Crippen LogP contribution in [0.5, 0.6) is 0 Å². The first-order valence-electron chi connectivity index (χ1n) is 5.28. The Morgan fingerprint density at radius 2 is 1.94 bits per heavy atom. The second-order valence-electron chi connectivity index (χ2n) is 3.61. The molecule has 0 aliphatic heterocycles. The summed E-state index contributed by atoms with van der Waals surface area (Å²) < 4.78 is 26.3. The number of carbonyl (C=O) groups is 1. The molecular weight excluding hydrogens is 246 g/mol. The highest BCUT2D eigenvalue weighted by atomic mass is 19.1. The van der Waals surface area contributed by atoms with Gasteiger partial charge < -0.3 is 20.8 Å². The summed E-state index contributed by atoms with van der Waals surface area (Å²) in [5.74, 6) is -2.37. The summed E-state index contributed by atoms with van der Waals surface area (Å²) in [6, 6.07) is 3.25. The van der Waals surface area contributed by atoms with E-state index in [-0.39, 0.29) is 13.1 Å². The van der Waals surface area contributed by atoms with Crippen molar-refractivity contribution in [3.63, 3.8) is 0 Å². The topological polar surface area (TPSA) is 81.6 Å². The molecule has 0 saturated heterocycles. The third kappa shape index (κ3) is 4.36. The van der Waals surface area contributed by atoms with Gasteiger partial charge in [0.2, 0.25) is 5.91 Å². The minimum atomic E-state index is -0.983. The molecule has 0 aliphatic rings. The molecule has 7 heteroatoms. The number of benzene rings is 1. The van der Waals surface area contributed by atoms with Crippen molar-refractivity contribution in [3.05, 3.63) is 29.8 Å². The van der Waals surface area contributed by atoms with Gasteiger partial charge in [0.15, 0.2) is 0 Å². The van der Waals surface area contributed by atoms with Gasteiger partial charge in [-0.3, -0.25) is 4.79 Å². The van der Waals surface area contributed by atoms with Crippen LogP contribution in [-0.4, -0.2) is 41.9 Å². The van der Waals surface area contributed by atoms with Crippen LogP contribution in [0.3, 0.4) is 0 Å². The lowest BCUT2D eigenvalue weighted by Crippen LogP contribution is -2.35. The highest BCUT2D eigenvalue weighted by Gasteiger charge is 2.11. The standard InChI is InChI=1S/C11H14F2N2O3/c12-8-2-1-3-9(13)11(8)15-10(18)5-14-4-7(17)6-16/h1-3,7,14,16-17H,4-6H2,(H,15,18). The Morgan fingerprint density at radius 1 is 1.33 bits per heavy atom. The van der Waals surface area contributed by atoms with Gasteiger partial charge in [0.05, 0.1) is 19.3 Å². The van der Waals surface area contributed by atoms with Crippen LogP contribution in [0.4, 0.5) is 14.5 Å². The molecule has 1 rings (SSSR count). The summed E-state index contributed by atoms with van der Waals surface area (Å²) in [6.07, 6.45) is -0.983. The predicted molar refractivity (Wildman–Crippen MR) is 61.0 cm³/mol. The molecule has 1 amide bonds. The lowest BCUT2D eigenvalue weighted by atomic mass is 10.3. The fraction of sp³-hybridized carbons (Fsp3) is 0.364. The van der Waals surface area contributed by atoms with Crippen LogP contribution >= 0.6 is 0 Å². The third-order valence-electron chi connectivity index (χ3n) is 2.10. The molecule has 0 bridgehead atoms. The Kier molecular flexibility index (Phi) is 5.63. The zero-order valence-corrected chi connectivity index (χ0v) is 9.49. The Morgan fingerprint density at radius 3 is 2.50 bits per heavy atom. The van der Waals surface area contributed by atoms with Crippen molar-refractivity contribution < 1.29 is 23.8 Å². The summed E-state index contributed by atoms with van der Waals surface area (Å²) in [7, 11) is 0. The number of nitrogens with one attached hydrogen (secondary N) is 2. The lowest BCUT2D eigenvalue weighted by Gasteiger charge is -2.10. The molecule has 1 unspecified atom stereocenters. The number of anilines is 1. The van der Waals surface area contributed by atoms with E-state index in [1.165, 1.54) is 6.07 Å². The number of aliphatic hydroxyl groups is 2. The van der Waals surface area contributed by atoms with E-state index in [0.29, 0.717) is 0 Å². The summed E-state index contributed by atoms with van der Waals surface area (Å²) in [6.45, 7) is -0.662. The quantitative estimate of drug-likeness (QED) is 0.573. The minimum absolute atomic E-state index is 0.00364. The normalized spacial score (nSPS) is 12.2. The smallest absolute Gasteiger partial charge is 0.238 e. The zero-order chi connectivity index (χ0) is 13.5. The molecule has 100 valence electrons. The van der Waals surface area contributed by atoms with Crippen molar-refractivity contribution >= 4 is 11.6 Å². The molecule has 1 aromatic rings. The van der Waals surface area contributed by atoms with Gasteiger partial charge in [0.25, 0.3) is 0 Å². The number of carbonyl (C=O) groups excluding carboxylic acids is 1. The van der Waals surface area contributed by atoms with Crippen LogP contribution in [0.25, 0.3) is 0 Å². The second-order valence-corrected chi connectivity index (χ2v) is 3.61. The van der Waals surface area contributed by atoms with Crippen LogP contribution in [0.2, 0.25) is 0 Å². The van der Waals surface area contributed by atoms with Crippen molar-refractivity contribution in [2.24, 2.45) is 0 Å². The van der Waals surface area contributed by atoms with E-state index in [4.69, 9.17) is 10.2 Å². The first-order valence-corrected chi connectivity index (χ1v) is 5.28. The van der Waals surface area contributed by atoms with Gasteiger partial charge in [-0.05, 0) is 12.1 Å². The molecule has 0 heterocycles. The fourth-order valence-electron chi connectivity index (χ4n) is 1.22. The average Bonchev–Trinajstić information content (AvgIpc) is 2.34. The Labute approximate surface area is 102 Å². The number of hydrogen-bond donors (Lipinski definition) is 4. The van der Waals surface area contributed by atoms with E-state index in [2.05, 4.69) is 10.6 Å². The van der Waals surface area contributed by atoms with Gasteiger partial charge in [-0.1, -0.05) is 6.07 Å². The molecule has 0 radical (unpaired) electrons. The van der Waals surface area contributed by atoms with Gasteiger partial charge in [0, 0.05) is 6.54 Å². The first kappa shape index (κ1) is 14.5. The molecule has 4 N–H and O–H groups in total. The highest BCUT2D eigenvalue weighted by Crippen LogP contribution is 2.17. The first-order chi connectivity index (χ1) is 8.54. The number of hydrogen-bond acceptors (Lipinski definition) is 4. The van der Waals surface area contributed by atoms with Gasteiger partial charge in [0.1, 0.15) is 17.3 Å². The number of rotatable bonds is 6. The Hall–Kier alpha value is -1.57. The SMILES string of the molecule is O=C(CNCC(O)CO)Nc1c(F)cccc1F. The number of aliphatic hydroxyl groups excluding tert-OH is 2. The van der Waals surface area contributed by atoms with Crippen molar-refractivity contribution in [1.29, 1.82) is 0 Å². The van der Waals surface area contributed by atoms with E-state index < -0.39 is 35.9 Å². The fourth-order valence-corrected chi connectivity index (χ4v) is 1.22. The summed E-state index contributed by atoms with van der Waals surface area (Å²) >= 11 is 0. The summed E-state index contributed by atoms with van der Waals surface area (Å²) in [5, 5.41) is 22.1. The van der Waals surface area contributed by atoms with E-state index in [0.717, 1.165) is 12.1 Å². The maximum Gasteiger partial charge on any atom is 0.238 e. The van der Waals surface area contributed by atoms with E-state index in [1.54, 1.807) is 0 Å². The molecule has 0 saturated carbocycles. The Balaban J connectivity index is 2.45. The van der Waals surface area contributed by atoms with Crippen LogP contribution in [0.15, 0.2) is 18.2 Å². The summed E-state index contributed by atoms with van der Waals surface area (Å²) in [4.78, 5) is 11.3. The van der Waals surface area contributed by atoms with Crippen molar-refractivity contribution in [2.45, 2.75) is 6.10 Å². The molecule has 18 heavy (non-hydrogen) atoms. The predicted octanol–water partition coefficient (Wildman–Crippen LogP) is -0.154.